The highest BCUT2D eigenvalue weighted by atomic mass is 16.2. The van der Waals surface area contributed by atoms with E-state index in [0.29, 0.717) is 18.6 Å². The number of amides is 2. The third kappa shape index (κ3) is 4.08. The fraction of sp³-hybridized carbons (Fsp3) is 0.579. The Hall–Kier alpha value is -2.04. The van der Waals surface area contributed by atoms with Crippen molar-refractivity contribution in [2.45, 2.75) is 58.0 Å². The first-order valence-electron chi connectivity index (χ1n) is 9.00. The van der Waals surface area contributed by atoms with Crippen LogP contribution in [0.5, 0.6) is 0 Å². The van der Waals surface area contributed by atoms with Crippen LogP contribution in [0, 0.1) is 5.92 Å². The summed E-state index contributed by atoms with van der Waals surface area (Å²) in [4.78, 5) is 26.2. The summed E-state index contributed by atoms with van der Waals surface area (Å²) in [6, 6.07) is 8.20. The van der Waals surface area contributed by atoms with Gasteiger partial charge in [-0.05, 0) is 70.2 Å². The first-order chi connectivity index (χ1) is 11.5. The topological polar surface area (TPSA) is 61.4 Å². The predicted octanol–water partition coefficient (Wildman–Crippen LogP) is 3.24. The van der Waals surface area contributed by atoms with Crippen molar-refractivity contribution in [3.8, 4) is 0 Å². The predicted molar refractivity (Wildman–Crippen MR) is 95.9 cm³/mol. The molecule has 3 rings (SSSR count). The highest BCUT2D eigenvalue weighted by Gasteiger charge is 2.30. The fourth-order valence-corrected chi connectivity index (χ4v) is 3.44. The zero-order valence-electron chi connectivity index (χ0n) is 14.5. The number of benzene rings is 1. The first kappa shape index (κ1) is 16.8. The number of rotatable bonds is 5. The molecule has 2 unspecified atom stereocenters. The lowest BCUT2D eigenvalue weighted by atomic mass is 9.97. The largest absolute Gasteiger partial charge is 0.376 e. The Morgan fingerprint density at radius 2 is 1.58 bits per heavy atom. The normalized spacial score (nSPS) is 23.7. The lowest BCUT2D eigenvalue weighted by Gasteiger charge is -2.39. The van der Waals surface area contributed by atoms with Gasteiger partial charge in [0, 0.05) is 29.4 Å². The molecule has 1 aliphatic carbocycles. The number of nitrogens with zero attached hydrogens (tertiary/aromatic N) is 1. The van der Waals surface area contributed by atoms with E-state index in [4.69, 9.17) is 0 Å². The van der Waals surface area contributed by atoms with Gasteiger partial charge in [-0.2, -0.15) is 0 Å². The Labute approximate surface area is 143 Å². The summed E-state index contributed by atoms with van der Waals surface area (Å²) >= 11 is 0. The Morgan fingerprint density at radius 1 is 1.00 bits per heavy atom. The second kappa shape index (κ2) is 7.24. The van der Waals surface area contributed by atoms with E-state index < -0.39 is 0 Å². The summed E-state index contributed by atoms with van der Waals surface area (Å²) in [6.45, 7) is 4.57. The maximum absolute atomic E-state index is 12.5. The molecule has 0 bridgehead atoms. The zero-order chi connectivity index (χ0) is 17.1. The molecule has 24 heavy (non-hydrogen) atoms. The minimum absolute atomic E-state index is 0.110. The highest BCUT2D eigenvalue weighted by Crippen LogP contribution is 2.30. The maximum atomic E-state index is 12.5. The van der Waals surface area contributed by atoms with Crippen molar-refractivity contribution in [2.24, 2.45) is 5.92 Å². The van der Waals surface area contributed by atoms with Crippen LogP contribution in [-0.4, -0.2) is 35.3 Å². The van der Waals surface area contributed by atoms with Gasteiger partial charge < -0.3 is 15.5 Å². The molecule has 2 aliphatic rings. The van der Waals surface area contributed by atoms with Crippen LogP contribution in [0.25, 0.3) is 0 Å². The van der Waals surface area contributed by atoms with Crippen molar-refractivity contribution >= 4 is 23.2 Å². The molecule has 2 N–H and O–H groups in total. The Kier molecular flexibility index (Phi) is 5.07. The van der Waals surface area contributed by atoms with Crippen LogP contribution < -0.4 is 10.6 Å². The van der Waals surface area contributed by atoms with Gasteiger partial charge in [0.25, 0.3) is 0 Å². The van der Waals surface area contributed by atoms with Crippen LogP contribution in [0.4, 0.5) is 11.4 Å². The standard InChI is InChI=1S/C19H27N3O2/c1-13-4-3-5-14(2)22(13)18(23)12-20-16-8-10-17(11-9-16)21-19(24)15-6-7-15/h8-11,13-15,20H,3-7,12H2,1-2H3,(H,21,24). The number of hydrogen-bond acceptors (Lipinski definition) is 3. The summed E-state index contributed by atoms with van der Waals surface area (Å²) < 4.78 is 0. The van der Waals surface area contributed by atoms with Gasteiger partial charge >= 0.3 is 0 Å². The van der Waals surface area contributed by atoms with Crippen molar-refractivity contribution in [1.29, 1.82) is 0 Å². The molecular formula is C19H27N3O2. The van der Waals surface area contributed by atoms with Crippen molar-refractivity contribution in [3.05, 3.63) is 24.3 Å². The molecule has 1 saturated carbocycles. The second-order valence-corrected chi connectivity index (χ2v) is 7.12. The van der Waals surface area contributed by atoms with Gasteiger partial charge in [0.15, 0.2) is 0 Å². The van der Waals surface area contributed by atoms with Crippen LogP contribution in [-0.2, 0) is 9.59 Å². The van der Waals surface area contributed by atoms with E-state index in [-0.39, 0.29) is 17.7 Å². The molecule has 1 aromatic carbocycles. The molecule has 5 heteroatoms. The van der Waals surface area contributed by atoms with E-state index in [2.05, 4.69) is 24.5 Å². The number of nitrogens with one attached hydrogen (secondary N) is 2. The quantitative estimate of drug-likeness (QED) is 0.872. The average Bonchev–Trinajstić information content (AvgIpc) is 3.39. The van der Waals surface area contributed by atoms with Gasteiger partial charge in [-0.15, -0.1) is 0 Å². The number of piperidine rings is 1. The van der Waals surface area contributed by atoms with E-state index in [1.807, 2.05) is 29.2 Å². The SMILES string of the molecule is CC1CCCC(C)N1C(=O)CNc1ccc(NC(=O)C2CC2)cc1. The zero-order valence-corrected chi connectivity index (χ0v) is 14.5. The van der Waals surface area contributed by atoms with Gasteiger partial charge in [-0.3, -0.25) is 9.59 Å². The Morgan fingerprint density at radius 3 is 2.17 bits per heavy atom. The Bertz CT molecular complexity index is 585. The maximum Gasteiger partial charge on any atom is 0.242 e. The molecule has 2 atom stereocenters. The number of carbonyl (C=O) groups excluding carboxylic acids is 2. The smallest absolute Gasteiger partial charge is 0.242 e. The minimum Gasteiger partial charge on any atom is -0.376 e. The second-order valence-electron chi connectivity index (χ2n) is 7.12. The van der Waals surface area contributed by atoms with Crippen molar-refractivity contribution in [1.82, 2.24) is 4.90 Å². The highest BCUT2D eigenvalue weighted by molar-refractivity contribution is 5.94. The van der Waals surface area contributed by atoms with Crippen molar-refractivity contribution in [3.63, 3.8) is 0 Å². The Balaban J connectivity index is 1.50. The van der Waals surface area contributed by atoms with E-state index in [1.54, 1.807) is 0 Å². The molecule has 2 fully saturated rings. The molecule has 1 heterocycles. The van der Waals surface area contributed by atoms with E-state index in [1.165, 1.54) is 6.42 Å². The van der Waals surface area contributed by atoms with Crippen molar-refractivity contribution < 1.29 is 9.59 Å². The van der Waals surface area contributed by atoms with Crippen molar-refractivity contribution in [2.75, 3.05) is 17.2 Å². The van der Waals surface area contributed by atoms with Gasteiger partial charge in [0.05, 0.1) is 6.54 Å². The average molecular weight is 329 g/mol. The molecule has 0 spiro atoms. The van der Waals surface area contributed by atoms with E-state index in [0.717, 1.165) is 37.1 Å². The van der Waals surface area contributed by atoms with Crippen LogP contribution >= 0.6 is 0 Å². The third-order valence-corrected chi connectivity index (χ3v) is 5.03. The molecule has 1 aliphatic heterocycles. The summed E-state index contributed by atoms with van der Waals surface area (Å²) in [5, 5.41) is 6.11. The van der Waals surface area contributed by atoms with Crippen LogP contribution in [0.1, 0.15) is 46.0 Å². The lowest BCUT2D eigenvalue weighted by molar-refractivity contribution is -0.135. The van der Waals surface area contributed by atoms with Crippen LogP contribution in [0.15, 0.2) is 24.3 Å². The number of hydrogen-bond donors (Lipinski definition) is 2. The molecule has 1 aromatic rings. The van der Waals surface area contributed by atoms with Gasteiger partial charge in [0.1, 0.15) is 0 Å². The summed E-state index contributed by atoms with van der Waals surface area (Å²) in [7, 11) is 0. The molecular weight excluding hydrogens is 302 g/mol. The lowest BCUT2D eigenvalue weighted by Crippen LogP contribution is -2.49. The van der Waals surface area contributed by atoms with Gasteiger partial charge in [-0.25, -0.2) is 0 Å². The molecule has 1 saturated heterocycles. The molecule has 2 amide bonds. The molecule has 130 valence electrons. The summed E-state index contributed by atoms with van der Waals surface area (Å²) in [6.07, 6.45) is 5.38. The van der Waals surface area contributed by atoms with Crippen LogP contribution in [0.3, 0.4) is 0 Å². The molecule has 0 radical (unpaired) electrons. The number of likely N-dealkylation sites (tertiary alicyclic amines) is 1. The van der Waals surface area contributed by atoms with Crippen LogP contribution in [0.2, 0.25) is 0 Å². The monoisotopic (exact) mass is 329 g/mol. The third-order valence-electron chi connectivity index (χ3n) is 5.03. The minimum atomic E-state index is 0.110. The summed E-state index contributed by atoms with van der Waals surface area (Å²) in [5.74, 6) is 0.466. The molecule has 0 aromatic heterocycles. The summed E-state index contributed by atoms with van der Waals surface area (Å²) in [5.41, 5.74) is 1.70. The van der Waals surface area contributed by atoms with E-state index in [9.17, 15) is 9.59 Å². The van der Waals surface area contributed by atoms with Gasteiger partial charge in [-0.1, -0.05) is 0 Å². The van der Waals surface area contributed by atoms with E-state index >= 15 is 0 Å². The van der Waals surface area contributed by atoms with Gasteiger partial charge in [0.2, 0.25) is 11.8 Å². The fourth-order valence-electron chi connectivity index (χ4n) is 3.44. The first-order valence-corrected chi connectivity index (χ1v) is 9.00. The molecule has 5 nitrogen and oxygen atoms in total. The number of anilines is 2. The number of carbonyl (C=O) groups is 2.